The molecule has 0 saturated heterocycles. The van der Waals surface area contributed by atoms with Gasteiger partial charge in [-0.25, -0.2) is 0 Å². The molecule has 0 aromatic heterocycles. The fourth-order valence-corrected chi connectivity index (χ4v) is 4.15. The van der Waals surface area contributed by atoms with Gasteiger partial charge in [0, 0.05) is 11.3 Å². The summed E-state index contributed by atoms with van der Waals surface area (Å²) >= 11 is 0. The van der Waals surface area contributed by atoms with Gasteiger partial charge in [-0.3, -0.25) is 0 Å². The average Bonchev–Trinajstić information content (AvgIpc) is 2.49. The summed E-state index contributed by atoms with van der Waals surface area (Å²) in [6.07, 6.45) is 6.23. The summed E-state index contributed by atoms with van der Waals surface area (Å²) in [5, 5.41) is 20.5. The first kappa shape index (κ1) is 13.8. The minimum Gasteiger partial charge on any atom is -0.396 e. The van der Waals surface area contributed by atoms with Crippen molar-refractivity contribution in [3.63, 3.8) is 0 Å². The van der Waals surface area contributed by atoms with Gasteiger partial charge in [-0.05, 0) is 30.7 Å². The van der Waals surface area contributed by atoms with E-state index < -0.39 is 11.5 Å². The highest BCUT2D eigenvalue weighted by molar-refractivity contribution is 5.33. The molecule has 0 radical (unpaired) electrons. The number of fused-ring (bicyclic) bond motifs is 1. The van der Waals surface area contributed by atoms with E-state index in [4.69, 9.17) is 0 Å². The summed E-state index contributed by atoms with van der Waals surface area (Å²) in [6, 6.07) is 10.4. The summed E-state index contributed by atoms with van der Waals surface area (Å²) in [7, 11) is 0. The lowest BCUT2D eigenvalue weighted by atomic mass is 9.57. The molecule has 1 saturated carbocycles. The van der Waals surface area contributed by atoms with Gasteiger partial charge in [-0.2, -0.15) is 0 Å². The molecule has 108 valence electrons. The number of benzene rings is 1. The van der Waals surface area contributed by atoms with Crippen LogP contribution in [0, 0.1) is 11.3 Å². The van der Waals surface area contributed by atoms with Crippen molar-refractivity contribution in [1.82, 2.24) is 0 Å². The SMILES string of the molecule is C[C@@]1(CO)C(c2ccccc2)[C@H]2CCCCC2=C[C@H]1O. The Labute approximate surface area is 121 Å². The van der Waals surface area contributed by atoms with Crippen LogP contribution in [0.25, 0.3) is 0 Å². The number of hydrogen-bond acceptors (Lipinski definition) is 2. The molecule has 4 atom stereocenters. The summed E-state index contributed by atoms with van der Waals surface area (Å²) in [6.45, 7) is 2.05. The number of hydrogen-bond donors (Lipinski definition) is 2. The quantitative estimate of drug-likeness (QED) is 0.811. The van der Waals surface area contributed by atoms with E-state index in [2.05, 4.69) is 24.3 Å². The van der Waals surface area contributed by atoms with Crippen molar-refractivity contribution >= 4 is 0 Å². The van der Waals surface area contributed by atoms with Crippen molar-refractivity contribution in [2.24, 2.45) is 11.3 Å². The number of aliphatic hydroxyl groups is 2. The van der Waals surface area contributed by atoms with Crippen LogP contribution in [0.1, 0.15) is 44.1 Å². The monoisotopic (exact) mass is 272 g/mol. The molecule has 0 bridgehead atoms. The molecule has 1 unspecified atom stereocenters. The first-order valence-corrected chi connectivity index (χ1v) is 7.71. The fraction of sp³-hybridized carbons (Fsp3) is 0.556. The highest BCUT2D eigenvalue weighted by atomic mass is 16.3. The molecule has 20 heavy (non-hydrogen) atoms. The van der Waals surface area contributed by atoms with E-state index in [0.29, 0.717) is 5.92 Å². The van der Waals surface area contributed by atoms with Gasteiger partial charge >= 0.3 is 0 Å². The van der Waals surface area contributed by atoms with E-state index in [0.717, 1.165) is 6.42 Å². The Kier molecular flexibility index (Phi) is 3.70. The first-order chi connectivity index (χ1) is 9.66. The topological polar surface area (TPSA) is 40.5 Å². The Morgan fingerprint density at radius 1 is 1.20 bits per heavy atom. The maximum absolute atomic E-state index is 10.6. The zero-order chi connectivity index (χ0) is 14.2. The Morgan fingerprint density at radius 2 is 1.95 bits per heavy atom. The highest BCUT2D eigenvalue weighted by Crippen LogP contribution is 2.53. The molecule has 1 aromatic carbocycles. The number of rotatable bonds is 2. The van der Waals surface area contributed by atoms with Gasteiger partial charge in [-0.15, -0.1) is 0 Å². The summed E-state index contributed by atoms with van der Waals surface area (Å²) in [5.74, 6) is 0.690. The molecule has 2 aliphatic carbocycles. The first-order valence-electron chi connectivity index (χ1n) is 7.71. The Morgan fingerprint density at radius 3 is 2.65 bits per heavy atom. The van der Waals surface area contributed by atoms with Crippen molar-refractivity contribution in [3.05, 3.63) is 47.5 Å². The zero-order valence-electron chi connectivity index (χ0n) is 12.1. The van der Waals surface area contributed by atoms with Gasteiger partial charge in [0.2, 0.25) is 0 Å². The van der Waals surface area contributed by atoms with Crippen LogP contribution < -0.4 is 0 Å². The Bertz CT molecular complexity index is 493. The maximum Gasteiger partial charge on any atom is 0.0805 e. The van der Waals surface area contributed by atoms with Gasteiger partial charge in [0.05, 0.1) is 12.7 Å². The molecule has 0 heterocycles. The number of aliphatic hydroxyl groups excluding tert-OH is 2. The van der Waals surface area contributed by atoms with Crippen LogP contribution in [-0.2, 0) is 0 Å². The normalized spacial score (nSPS) is 37.1. The van der Waals surface area contributed by atoms with Crippen LogP contribution in [0.2, 0.25) is 0 Å². The van der Waals surface area contributed by atoms with Gasteiger partial charge in [0.15, 0.2) is 0 Å². The van der Waals surface area contributed by atoms with E-state index in [9.17, 15) is 10.2 Å². The average molecular weight is 272 g/mol. The van der Waals surface area contributed by atoms with Crippen LogP contribution in [0.3, 0.4) is 0 Å². The Hall–Kier alpha value is -1.12. The highest BCUT2D eigenvalue weighted by Gasteiger charge is 2.48. The minimum absolute atomic E-state index is 0.0218. The largest absolute Gasteiger partial charge is 0.396 e. The van der Waals surface area contributed by atoms with Crippen molar-refractivity contribution in [3.8, 4) is 0 Å². The second-order valence-corrected chi connectivity index (χ2v) is 6.59. The van der Waals surface area contributed by atoms with Gasteiger partial charge in [-0.1, -0.05) is 55.3 Å². The molecule has 0 spiro atoms. The van der Waals surface area contributed by atoms with E-state index in [1.807, 2.05) is 19.1 Å². The van der Waals surface area contributed by atoms with Crippen LogP contribution in [-0.4, -0.2) is 22.9 Å². The third kappa shape index (κ3) is 2.11. The van der Waals surface area contributed by atoms with E-state index in [1.54, 1.807) is 0 Å². The molecule has 2 nitrogen and oxygen atoms in total. The van der Waals surface area contributed by atoms with Gasteiger partial charge < -0.3 is 10.2 Å². The lowest BCUT2D eigenvalue weighted by Gasteiger charge is -2.49. The molecule has 2 N–H and O–H groups in total. The molecule has 1 fully saturated rings. The zero-order valence-corrected chi connectivity index (χ0v) is 12.1. The molecular weight excluding hydrogens is 248 g/mol. The minimum atomic E-state index is -0.554. The van der Waals surface area contributed by atoms with E-state index in [-0.39, 0.29) is 12.5 Å². The van der Waals surface area contributed by atoms with Crippen LogP contribution in [0.15, 0.2) is 42.0 Å². The van der Waals surface area contributed by atoms with Crippen molar-refractivity contribution < 1.29 is 10.2 Å². The lowest BCUT2D eigenvalue weighted by molar-refractivity contribution is -0.0220. The van der Waals surface area contributed by atoms with Crippen LogP contribution >= 0.6 is 0 Å². The molecule has 2 heteroatoms. The molecule has 2 aliphatic rings. The molecule has 0 amide bonds. The molecule has 3 rings (SSSR count). The second-order valence-electron chi connectivity index (χ2n) is 6.59. The molecule has 1 aromatic rings. The van der Waals surface area contributed by atoms with Gasteiger partial charge in [0.1, 0.15) is 0 Å². The number of allylic oxidation sites excluding steroid dienone is 1. The molecule has 0 aliphatic heterocycles. The van der Waals surface area contributed by atoms with Crippen molar-refractivity contribution in [2.75, 3.05) is 6.61 Å². The van der Waals surface area contributed by atoms with Crippen LogP contribution in [0.5, 0.6) is 0 Å². The van der Waals surface area contributed by atoms with E-state index >= 15 is 0 Å². The summed E-state index contributed by atoms with van der Waals surface area (Å²) in [5.41, 5.74) is 2.18. The fourth-order valence-electron chi connectivity index (χ4n) is 4.15. The smallest absolute Gasteiger partial charge is 0.0805 e. The third-order valence-corrected chi connectivity index (χ3v) is 5.37. The van der Waals surface area contributed by atoms with Gasteiger partial charge in [0.25, 0.3) is 0 Å². The van der Waals surface area contributed by atoms with Crippen LogP contribution in [0.4, 0.5) is 0 Å². The van der Waals surface area contributed by atoms with E-state index in [1.165, 1.54) is 30.4 Å². The Balaban J connectivity index is 2.08. The predicted octanol–water partition coefficient (Wildman–Crippen LogP) is 3.26. The summed E-state index contributed by atoms with van der Waals surface area (Å²) in [4.78, 5) is 0. The van der Waals surface area contributed by atoms with Crippen molar-refractivity contribution in [1.29, 1.82) is 0 Å². The maximum atomic E-state index is 10.6. The lowest BCUT2D eigenvalue weighted by Crippen LogP contribution is -2.47. The predicted molar refractivity (Wildman–Crippen MR) is 80.4 cm³/mol. The molecular formula is C18H24O2. The standard InChI is InChI=1S/C18H24O2/c1-18(12-19)16(20)11-14-9-5-6-10-15(14)17(18)13-7-3-2-4-8-13/h2-4,7-8,11,15-17,19-20H,5-6,9-10,12H2,1H3/t15-,16+,17?,18-/m0/s1. The van der Waals surface area contributed by atoms with Crippen molar-refractivity contribution in [2.45, 2.75) is 44.6 Å². The third-order valence-electron chi connectivity index (χ3n) is 5.37. The second kappa shape index (κ2) is 5.34. The summed E-state index contributed by atoms with van der Waals surface area (Å²) < 4.78 is 0.